The van der Waals surface area contributed by atoms with E-state index in [1.54, 1.807) is 25.1 Å². The maximum absolute atomic E-state index is 12.3. The largest absolute Gasteiger partial charge is 0.455 e. The summed E-state index contributed by atoms with van der Waals surface area (Å²) in [6.07, 6.45) is 3.52. The molecule has 0 amide bonds. The second kappa shape index (κ2) is 6.17. The highest BCUT2D eigenvalue weighted by atomic mass is 32.2. The van der Waals surface area contributed by atoms with Gasteiger partial charge in [0.2, 0.25) is 0 Å². The fourth-order valence-electron chi connectivity index (χ4n) is 2.12. The summed E-state index contributed by atoms with van der Waals surface area (Å²) in [5.74, 6) is 0.424. The van der Waals surface area contributed by atoms with Crippen molar-refractivity contribution in [2.75, 3.05) is 12.9 Å². The van der Waals surface area contributed by atoms with Crippen LogP contribution in [0.4, 0.5) is 0 Å². The van der Waals surface area contributed by atoms with Crippen molar-refractivity contribution in [3.63, 3.8) is 0 Å². The number of hydrogen-bond acceptors (Lipinski definition) is 7. The van der Waals surface area contributed by atoms with Gasteiger partial charge in [0.05, 0.1) is 18.8 Å². The Balaban J connectivity index is 1.67. The Bertz CT molecular complexity index is 653. The summed E-state index contributed by atoms with van der Waals surface area (Å²) in [6.45, 7) is 2.88. The van der Waals surface area contributed by atoms with Gasteiger partial charge in [-0.1, -0.05) is 11.8 Å². The van der Waals surface area contributed by atoms with E-state index in [0.717, 1.165) is 15.9 Å². The molecule has 112 valence electrons. The number of thioether (sulfide) groups is 1. The van der Waals surface area contributed by atoms with E-state index in [9.17, 15) is 4.79 Å². The number of aryl methyl sites for hydroxylation is 1. The zero-order valence-electron chi connectivity index (χ0n) is 11.7. The van der Waals surface area contributed by atoms with Gasteiger partial charge in [0.25, 0.3) is 0 Å². The number of esters is 1. The second-order valence-corrected chi connectivity index (χ2v) is 6.73. The maximum atomic E-state index is 12.3. The molecule has 0 fully saturated rings. The Morgan fingerprint density at radius 3 is 3.24 bits per heavy atom. The van der Waals surface area contributed by atoms with Gasteiger partial charge in [-0.05, 0) is 6.92 Å². The highest BCUT2D eigenvalue weighted by Gasteiger charge is 2.25. The Kier molecular flexibility index (Phi) is 4.27. The van der Waals surface area contributed by atoms with Gasteiger partial charge in [-0.25, -0.2) is 14.8 Å². The van der Waals surface area contributed by atoms with Crippen molar-refractivity contribution in [1.29, 1.82) is 0 Å². The summed E-state index contributed by atoms with van der Waals surface area (Å²) in [4.78, 5) is 21.4. The Morgan fingerprint density at radius 2 is 2.43 bits per heavy atom. The first-order valence-corrected chi connectivity index (χ1v) is 8.27. The molecule has 2 aromatic heterocycles. The lowest BCUT2D eigenvalue weighted by Gasteiger charge is -2.23. The minimum absolute atomic E-state index is 0.142. The summed E-state index contributed by atoms with van der Waals surface area (Å²) < 4.78 is 12.6. The van der Waals surface area contributed by atoms with Crippen LogP contribution in [0, 0.1) is 6.92 Å². The van der Waals surface area contributed by atoms with Crippen LogP contribution in [0.25, 0.3) is 0 Å². The number of nitrogens with zero attached hydrogens (tertiary/aromatic N) is 3. The molecule has 21 heavy (non-hydrogen) atoms. The number of carbonyl (C=O) groups is 1. The third kappa shape index (κ3) is 3.12. The number of hydrogen-bond donors (Lipinski definition) is 0. The van der Waals surface area contributed by atoms with Crippen LogP contribution in [0.2, 0.25) is 0 Å². The Morgan fingerprint density at radius 1 is 1.57 bits per heavy atom. The molecule has 3 rings (SSSR count). The highest BCUT2D eigenvalue weighted by molar-refractivity contribution is 7.99. The molecule has 8 heteroatoms. The molecule has 1 atom stereocenters. The number of rotatable bonds is 4. The minimum atomic E-state index is -0.304. The van der Waals surface area contributed by atoms with Gasteiger partial charge < -0.3 is 14.0 Å². The quantitative estimate of drug-likeness (QED) is 0.802. The van der Waals surface area contributed by atoms with Gasteiger partial charge in [-0.15, -0.1) is 11.3 Å². The van der Waals surface area contributed by atoms with Gasteiger partial charge in [-0.2, -0.15) is 0 Å². The smallest absolute Gasteiger partial charge is 0.350 e. The first kappa shape index (κ1) is 14.6. The van der Waals surface area contributed by atoms with Gasteiger partial charge in [-0.3, -0.25) is 0 Å². The molecule has 0 spiro atoms. The van der Waals surface area contributed by atoms with Crippen molar-refractivity contribution >= 4 is 29.1 Å². The summed E-state index contributed by atoms with van der Waals surface area (Å²) in [7, 11) is 1.61. The van der Waals surface area contributed by atoms with E-state index in [2.05, 4.69) is 9.97 Å². The van der Waals surface area contributed by atoms with Crippen molar-refractivity contribution in [3.8, 4) is 0 Å². The monoisotopic (exact) mass is 325 g/mol. The second-order valence-electron chi connectivity index (χ2n) is 4.66. The summed E-state index contributed by atoms with van der Waals surface area (Å²) in [6, 6.07) is 0. The third-order valence-corrected chi connectivity index (χ3v) is 5.29. The molecule has 0 N–H and O–H groups in total. The van der Waals surface area contributed by atoms with Crippen LogP contribution in [0.1, 0.15) is 20.4 Å². The zero-order chi connectivity index (χ0) is 14.8. The zero-order valence-corrected chi connectivity index (χ0v) is 13.4. The third-order valence-electron chi connectivity index (χ3n) is 3.04. The molecule has 3 heterocycles. The summed E-state index contributed by atoms with van der Waals surface area (Å²) in [5.41, 5.74) is 0.698. The van der Waals surface area contributed by atoms with Gasteiger partial charge in [0, 0.05) is 25.3 Å². The van der Waals surface area contributed by atoms with Crippen molar-refractivity contribution in [2.24, 2.45) is 0 Å². The summed E-state index contributed by atoms with van der Waals surface area (Å²) >= 11 is 2.93. The number of carbonyl (C=O) groups excluding carboxylic acids is 1. The SMILES string of the molecule is COCc1nc(C)c(C(=O)OC2CSc3nccn3C2)s1. The van der Waals surface area contributed by atoms with Gasteiger partial charge in [0.1, 0.15) is 16.0 Å². The fraction of sp³-hybridized carbons (Fsp3) is 0.462. The van der Waals surface area contributed by atoms with Crippen LogP contribution in [0.15, 0.2) is 17.6 Å². The predicted molar refractivity (Wildman–Crippen MR) is 79.7 cm³/mol. The molecule has 2 aromatic rings. The molecule has 1 aliphatic rings. The van der Waals surface area contributed by atoms with E-state index in [-0.39, 0.29) is 12.1 Å². The number of methoxy groups -OCH3 is 1. The van der Waals surface area contributed by atoms with Crippen molar-refractivity contribution in [2.45, 2.75) is 31.3 Å². The normalized spacial score (nSPS) is 17.5. The van der Waals surface area contributed by atoms with E-state index >= 15 is 0 Å². The molecule has 0 aromatic carbocycles. The van der Waals surface area contributed by atoms with E-state index in [1.807, 2.05) is 17.7 Å². The summed E-state index contributed by atoms with van der Waals surface area (Å²) in [5, 5.41) is 1.76. The molecule has 0 aliphatic carbocycles. The number of thiazole rings is 1. The first-order valence-electron chi connectivity index (χ1n) is 6.47. The van der Waals surface area contributed by atoms with E-state index < -0.39 is 0 Å². The van der Waals surface area contributed by atoms with Gasteiger partial charge >= 0.3 is 5.97 Å². The lowest BCUT2D eigenvalue weighted by Crippen LogP contribution is -2.29. The van der Waals surface area contributed by atoms with Crippen LogP contribution in [-0.4, -0.2) is 39.5 Å². The number of aromatic nitrogens is 3. The molecule has 6 nitrogen and oxygen atoms in total. The molecule has 0 radical (unpaired) electrons. The lowest BCUT2D eigenvalue weighted by molar-refractivity contribution is 0.0309. The van der Waals surface area contributed by atoms with E-state index in [4.69, 9.17) is 9.47 Å². The Hall–Kier alpha value is -1.38. The minimum Gasteiger partial charge on any atom is -0.455 e. The molecular weight excluding hydrogens is 310 g/mol. The van der Waals surface area contributed by atoms with Crippen LogP contribution < -0.4 is 0 Å². The highest BCUT2D eigenvalue weighted by Crippen LogP contribution is 2.26. The predicted octanol–water partition coefficient (Wildman–Crippen LogP) is 2.13. The Labute approximate surface area is 130 Å². The van der Waals surface area contributed by atoms with Crippen LogP contribution in [-0.2, 0) is 22.6 Å². The van der Waals surface area contributed by atoms with Crippen LogP contribution in [0.5, 0.6) is 0 Å². The first-order chi connectivity index (χ1) is 10.2. The van der Waals surface area contributed by atoms with Crippen LogP contribution in [0.3, 0.4) is 0 Å². The van der Waals surface area contributed by atoms with E-state index in [0.29, 0.717) is 23.7 Å². The number of imidazole rings is 1. The number of ether oxygens (including phenoxy) is 2. The number of fused-ring (bicyclic) bond motifs is 1. The van der Waals surface area contributed by atoms with Crippen molar-refractivity contribution in [3.05, 3.63) is 28.0 Å². The molecule has 1 unspecified atom stereocenters. The topological polar surface area (TPSA) is 66.2 Å². The standard InChI is InChI=1S/C13H15N3O3S2/c1-8-11(21-10(15-8)6-18-2)12(17)19-9-5-16-4-3-14-13(16)20-7-9/h3-4,9H,5-7H2,1-2H3. The average Bonchev–Trinajstić information content (AvgIpc) is 3.05. The van der Waals surface area contributed by atoms with Crippen molar-refractivity contribution < 1.29 is 14.3 Å². The maximum Gasteiger partial charge on any atom is 0.350 e. The van der Waals surface area contributed by atoms with Crippen molar-refractivity contribution in [1.82, 2.24) is 14.5 Å². The fourth-order valence-corrected chi connectivity index (χ4v) is 3.98. The molecule has 0 saturated carbocycles. The molecule has 0 bridgehead atoms. The van der Waals surface area contributed by atoms with Crippen LogP contribution >= 0.6 is 23.1 Å². The molecule has 0 saturated heterocycles. The molecule has 1 aliphatic heterocycles. The average molecular weight is 325 g/mol. The van der Waals surface area contributed by atoms with E-state index in [1.165, 1.54) is 11.3 Å². The lowest BCUT2D eigenvalue weighted by atomic mass is 10.3. The van der Waals surface area contributed by atoms with Gasteiger partial charge in [0.15, 0.2) is 5.16 Å². The molecular formula is C13H15N3O3S2.